The first-order valence-corrected chi connectivity index (χ1v) is 12.9. The molecule has 2 saturated heterocycles. The minimum Gasteiger partial charge on any atom is -0.326 e. The summed E-state index contributed by atoms with van der Waals surface area (Å²) in [5.41, 5.74) is 4.32. The van der Waals surface area contributed by atoms with Crippen molar-refractivity contribution >= 4 is 40.9 Å². The molecule has 3 amide bonds. The fourth-order valence-electron chi connectivity index (χ4n) is 4.51. The van der Waals surface area contributed by atoms with E-state index < -0.39 is 0 Å². The number of anilines is 2. The van der Waals surface area contributed by atoms with E-state index in [1.807, 2.05) is 59.5 Å². The average molecular weight is 486 g/mol. The third-order valence-electron chi connectivity index (χ3n) is 6.42. The molecule has 2 aliphatic heterocycles. The summed E-state index contributed by atoms with van der Waals surface area (Å²) in [6.07, 6.45) is 2.28. The van der Waals surface area contributed by atoms with Crippen molar-refractivity contribution in [3.8, 4) is 0 Å². The molecular formula is C28H27N3O3S. The minimum absolute atomic E-state index is 0.0378. The van der Waals surface area contributed by atoms with Gasteiger partial charge in [-0.25, -0.2) is 0 Å². The standard InChI is InChI=1S/C28H27N3O3S/c32-25-7-4-17-30(25)24-14-12-23(13-15-24)29-27(34)21-8-10-22(11-9-21)28-31(26(33)19-35-28)18-16-20-5-2-1-3-6-20/h1-3,5-6,8-15,28H,4,7,16-19H2,(H,29,34)/t28-/m1/s1. The topological polar surface area (TPSA) is 69.7 Å². The lowest BCUT2D eigenvalue weighted by molar-refractivity contribution is -0.128. The van der Waals surface area contributed by atoms with Gasteiger partial charge in [-0.2, -0.15) is 0 Å². The van der Waals surface area contributed by atoms with Crippen LogP contribution in [-0.2, 0) is 16.0 Å². The number of carbonyl (C=O) groups excluding carboxylic acids is 3. The summed E-state index contributed by atoms with van der Waals surface area (Å²) < 4.78 is 0. The fourth-order valence-corrected chi connectivity index (χ4v) is 5.73. The number of carbonyl (C=O) groups is 3. The van der Waals surface area contributed by atoms with Crippen LogP contribution in [0.5, 0.6) is 0 Å². The highest BCUT2D eigenvalue weighted by molar-refractivity contribution is 8.00. The van der Waals surface area contributed by atoms with Gasteiger partial charge in [0.1, 0.15) is 5.37 Å². The molecule has 6 nitrogen and oxygen atoms in total. The molecule has 1 N–H and O–H groups in total. The highest BCUT2D eigenvalue weighted by Gasteiger charge is 2.32. The van der Waals surface area contributed by atoms with Crippen molar-refractivity contribution in [3.05, 3.63) is 95.6 Å². The number of nitrogens with one attached hydrogen (secondary N) is 1. The first kappa shape index (κ1) is 23.2. The van der Waals surface area contributed by atoms with Crippen molar-refractivity contribution < 1.29 is 14.4 Å². The molecule has 178 valence electrons. The van der Waals surface area contributed by atoms with Crippen LogP contribution in [0.4, 0.5) is 11.4 Å². The lowest BCUT2D eigenvalue weighted by Crippen LogP contribution is -2.30. The summed E-state index contributed by atoms with van der Waals surface area (Å²) in [4.78, 5) is 40.9. The van der Waals surface area contributed by atoms with E-state index >= 15 is 0 Å². The number of hydrogen-bond acceptors (Lipinski definition) is 4. The van der Waals surface area contributed by atoms with Gasteiger partial charge in [-0.1, -0.05) is 42.5 Å². The highest BCUT2D eigenvalue weighted by atomic mass is 32.2. The van der Waals surface area contributed by atoms with E-state index in [0.29, 0.717) is 30.0 Å². The van der Waals surface area contributed by atoms with E-state index in [1.165, 1.54) is 5.56 Å². The zero-order chi connectivity index (χ0) is 24.2. The van der Waals surface area contributed by atoms with Crippen molar-refractivity contribution in [1.82, 2.24) is 4.90 Å². The van der Waals surface area contributed by atoms with Crippen molar-refractivity contribution in [2.75, 3.05) is 29.1 Å². The van der Waals surface area contributed by atoms with Crippen LogP contribution in [0.25, 0.3) is 0 Å². The molecule has 0 aromatic heterocycles. The third-order valence-corrected chi connectivity index (χ3v) is 7.68. The maximum absolute atomic E-state index is 12.8. The summed E-state index contributed by atoms with van der Waals surface area (Å²) in [5.74, 6) is 0.567. The molecule has 2 fully saturated rings. The average Bonchev–Trinajstić information content (AvgIpc) is 3.49. The van der Waals surface area contributed by atoms with E-state index in [0.717, 1.165) is 30.6 Å². The minimum atomic E-state index is -0.197. The van der Waals surface area contributed by atoms with Crippen molar-refractivity contribution in [2.45, 2.75) is 24.6 Å². The number of nitrogens with zero attached hydrogens (tertiary/aromatic N) is 2. The SMILES string of the molecule is O=C(Nc1ccc(N2CCCC2=O)cc1)c1ccc([C@H]2SCC(=O)N2CCc2ccccc2)cc1. The Bertz CT molecular complexity index is 1210. The van der Waals surface area contributed by atoms with Crippen molar-refractivity contribution in [1.29, 1.82) is 0 Å². The third kappa shape index (κ3) is 5.25. The lowest BCUT2D eigenvalue weighted by atomic mass is 10.1. The summed E-state index contributed by atoms with van der Waals surface area (Å²) in [6.45, 7) is 1.41. The highest BCUT2D eigenvalue weighted by Crippen LogP contribution is 2.38. The molecule has 35 heavy (non-hydrogen) atoms. The van der Waals surface area contributed by atoms with Crippen LogP contribution in [0.1, 0.15) is 39.7 Å². The molecule has 7 heteroatoms. The monoisotopic (exact) mass is 485 g/mol. The van der Waals surface area contributed by atoms with Crippen molar-refractivity contribution in [3.63, 3.8) is 0 Å². The molecule has 3 aromatic rings. The fraction of sp³-hybridized carbons (Fsp3) is 0.250. The lowest BCUT2D eigenvalue weighted by Gasteiger charge is -2.24. The maximum atomic E-state index is 12.8. The molecule has 0 saturated carbocycles. The number of benzene rings is 3. The number of rotatable bonds is 7. The molecule has 0 aliphatic carbocycles. The Morgan fingerprint density at radius 2 is 1.66 bits per heavy atom. The van der Waals surface area contributed by atoms with Gasteiger partial charge in [-0.05, 0) is 60.4 Å². The van der Waals surface area contributed by atoms with Crippen LogP contribution in [0.2, 0.25) is 0 Å². The summed E-state index contributed by atoms with van der Waals surface area (Å²) in [6, 6.07) is 25.0. The smallest absolute Gasteiger partial charge is 0.255 e. The predicted molar refractivity (Wildman–Crippen MR) is 139 cm³/mol. The van der Waals surface area contributed by atoms with Gasteiger partial charge in [0.25, 0.3) is 5.91 Å². The molecule has 2 aliphatic rings. The molecule has 0 bridgehead atoms. The van der Waals surface area contributed by atoms with Crippen LogP contribution < -0.4 is 10.2 Å². The van der Waals surface area contributed by atoms with E-state index in [-0.39, 0.29) is 23.1 Å². The normalized spacial score (nSPS) is 17.8. The van der Waals surface area contributed by atoms with Crippen LogP contribution >= 0.6 is 11.8 Å². The number of amides is 3. The Kier molecular flexibility index (Phi) is 6.86. The second-order valence-electron chi connectivity index (χ2n) is 8.76. The Morgan fingerprint density at radius 1 is 0.914 bits per heavy atom. The Morgan fingerprint density at radius 3 is 2.34 bits per heavy atom. The molecule has 3 aromatic carbocycles. The molecule has 2 heterocycles. The van der Waals surface area contributed by atoms with E-state index in [4.69, 9.17) is 0 Å². The molecule has 0 radical (unpaired) electrons. The first-order valence-electron chi connectivity index (χ1n) is 11.9. The maximum Gasteiger partial charge on any atom is 0.255 e. The van der Waals surface area contributed by atoms with Crippen LogP contribution in [0.3, 0.4) is 0 Å². The van der Waals surface area contributed by atoms with E-state index in [1.54, 1.807) is 28.8 Å². The van der Waals surface area contributed by atoms with Gasteiger partial charge in [0.15, 0.2) is 0 Å². The molecule has 5 rings (SSSR count). The van der Waals surface area contributed by atoms with Crippen LogP contribution in [-0.4, -0.2) is 41.5 Å². The summed E-state index contributed by atoms with van der Waals surface area (Å²) in [7, 11) is 0. The van der Waals surface area contributed by atoms with Gasteiger partial charge in [0.05, 0.1) is 5.75 Å². The Hall–Kier alpha value is -3.58. The molecular weight excluding hydrogens is 458 g/mol. The number of thioether (sulfide) groups is 1. The molecule has 1 atom stereocenters. The van der Waals surface area contributed by atoms with Gasteiger partial charge < -0.3 is 15.1 Å². The number of hydrogen-bond donors (Lipinski definition) is 1. The molecule has 0 unspecified atom stereocenters. The molecule has 0 spiro atoms. The van der Waals surface area contributed by atoms with E-state index in [9.17, 15) is 14.4 Å². The second kappa shape index (κ2) is 10.4. The zero-order valence-electron chi connectivity index (χ0n) is 19.4. The van der Waals surface area contributed by atoms with E-state index in [2.05, 4.69) is 17.4 Å². The largest absolute Gasteiger partial charge is 0.326 e. The van der Waals surface area contributed by atoms with Gasteiger partial charge in [0.2, 0.25) is 11.8 Å². The van der Waals surface area contributed by atoms with Crippen LogP contribution in [0, 0.1) is 0 Å². The van der Waals surface area contributed by atoms with Crippen molar-refractivity contribution in [2.24, 2.45) is 0 Å². The first-order chi connectivity index (χ1) is 17.1. The zero-order valence-corrected chi connectivity index (χ0v) is 20.2. The van der Waals surface area contributed by atoms with Crippen LogP contribution in [0.15, 0.2) is 78.9 Å². The Labute approximate surface area is 209 Å². The Balaban J connectivity index is 1.21. The summed E-state index contributed by atoms with van der Waals surface area (Å²) >= 11 is 1.62. The van der Waals surface area contributed by atoms with Gasteiger partial charge in [-0.3, -0.25) is 14.4 Å². The van der Waals surface area contributed by atoms with Gasteiger partial charge in [0, 0.05) is 36.4 Å². The van der Waals surface area contributed by atoms with Gasteiger partial charge in [-0.15, -0.1) is 11.8 Å². The second-order valence-corrected chi connectivity index (χ2v) is 9.83. The van der Waals surface area contributed by atoms with Gasteiger partial charge >= 0.3 is 0 Å². The quantitative estimate of drug-likeness (QED) is 0.518. The summed E-state index contributed by atoms with van der Waals surface area (Å²) in [5, 5.41) is 2.88. The predicted octanol–water partition coefficient (Wildman–Crippen LogP) is 4.88.